The van der Waals surface area contributed by atoms with Gasteiger partial charge >= 0.3 is 0 Å². The molecule has 0 aliphatic carbocycles. The van der Waals surface area contributed by atoms with Gasteiger partial charge in [-0.2, -0.15) is 20.2 Å². The van der Waals surface area contributed by atoms with Gasteiger partial charge in [-0.1, -0.05) is 47.0 Å². The Morgan fingerprint density at radius 2 is 1.07 bits per heavy atom. The summed E-state index contributed by atoms with van der Waals surface area (Å²) in [6.07, 6.45) is 17.8. The molecule has 354 valence electrons. The van der Waals surface area contributed by atoms with Crippen LogP contribution in [0.4, 0.5) is 11.9 Å². The van der Waals surface area contributed by atoms with Gasteiger partial charge in [0.25, 0.3) is 0 Å². The Kier molecular flexibility index (Phi) is 18.7. The van der Waals surface area contributed by atoms with E-state index in [-0.39, 0.29) is 45.3 Å². The third kappa shape index (κ3) is 13.9. The third-order valence-corrected chi connectivity index (χ3v) is 13.6. The molecule has 1 aromatic heterocycles. The van der Waals surface area contributed by atoms with Gasteiger partial charge in [-0.05, 0) is 173 Å². The maximum absolute atomic E-state index is 6.46. The van der Waals surface area contributed by atoms with Crippen LogP contribution in [0, 0.1) is 5.92 Å². The van der Waals surface area contributed by atoms with Crippen LogP contribution in [0.3, 0.4) is 0 Å². The molecule has 2 N–H and O–H groups in total. The van der Waals surface area contributed by atoms with Crippen LogP contribution >= 0.6 is 0 Å². The number of unbranched alkanes of at least 4 members (excludes halogenated alkanes) is 3. The van der Waals surface area contributed by atoms with Crippen LogP contribution in [-0.4, -0.2) is 114 Å². The Hall–Kier alpha value is -1.67. The fourth-order valence-electron chi connectivity index (χ4n) is 12.0. The quantitative estimate of drug-likeness (QED) is 0.0968. The minimum absolute atomic E-state index is 0.00419. The Labute approximate surface area is 374 Å². The summed E-state index contributed by atoms with van der Waals surface area (Å²) in [5.74, 6) is 1.94. The van der Waals surface area contributed by atoms with E-state index < -0.39 is 0 Å². The van der Waals surface area contributed by atoms with Gasteiger partial charge in [0, 0.05) is 57.9 Å². The van der Waals surface area contributed by atoms with Crippen molar-refractivity contribution in [3.8, 4) is 0 Å². The van der Waals surface area contributed by atoms with Crippen molar-refractivity contribution in [3.05, 3.63) is 6.33 Å². The van der Waals surface area contributed by atoms with E-state index in [1.54, 1.807) is 6.33 Å². The summed E-state index contributed by atoms with van der Waals surface area (Å²) >= 11 is 0. The highest BCUT2D eigenvalue weighted by Crippen LogP contribution is 2.45. The number of nitrogens with zero attached hydrogens (tertiary/aromatic N) is 7. The molecule has 12 nitrogen and oxygen atoms in total. The largest absolute Gasteiger partial charge is 0.351 e. The van der Waals surface area contributed by atoms with E-state index in [1.807, 2.05) is 0 Å². The van der Waals surface area contributed by atoms with Crippen LogP contribution in [0.2, 0.25) is 0 Å². The third-order valence-electron chi connectivity index (χ3n) is 13.6. The lowest BCUT2D eigenvalue weighted by molar-refractivity contribution is -0.288. The molecule has 4 heterocycles. The smallest absolute Gasteiger partial charge is 0.230 e. The summed E-state index contributed by atoms with van der Waals surface area (Å²) in [5, 5.41) is 14.7. The van der Waals surface area contributed by atoms with Gasteiger partial charge in [-0.25, -0.2) is 9.97 Å². The number of aromatic nitrogens is 3. The molecule has 3 aliphatic rings. The number of hydrogen-bond donors (Lipinski definition) is 2. The van der Waals surface area contributed by atoms with Crippen molar-refractivity contribution in [2.45, 2.75) is 258 Å². The minimum Gasteiger partial charge on any atom is -0.351 e. The molecule has 0 amide bonds. The molecule has 61 heavy (non-hydrogen) atoms. The zero-order chi connectivity index (χ0) is 45.3. The highest BCUT2D eigenvalue weighted by atomic mass is 16.7. The lowest BCUT2D eigenvalue weighted by atomic mass is 9.71. The second-order valence-electron chi connectivity index (χ2n) is 22.8. The summed E-state index contributed by atoms with van der Waals surface area (Å²) in [4.78, 5) is 36.6. The van der Waals surface area contributed by atoms with Crippen LogP contribution in [-0.2, 0) is 14.5 Å². The SMILES string of the molecule is CCCON1C(C)(C)CC(NCCCCCCN(c2ncnc(NC(CCC)C3CC(C)(C)N(OCCC)C(C)(C)C3)n2)C2CC(C)(C)N(OCCC)C(C)(C)C2)CC1(C)C. The molecule has 1 unspecified atom stereocenters. The highest BCUT2D eigenvalue weighted by molar-refractivity contribution is 5.38. The average Bonchev–Trinajstić information content (AvgIpc) is 3.13. The number of piperidine rings is 3. The van der Waals surface area contributed by atoms with Crippen LogP contribution in [0.5, 0.6) is 0 Å². The van der Waals surface area contributed by atoms with Crippen LogP contribution in [0.1, 0.15) is 207 Å². The van der Waals surface area contributed by atoms with Crippen LogP contribution in [0.15, 0.2) is 6.33 Å². The molecule has 0 radical (unpaired) electrons. The molecular formula is C49H95N9O3. The van der Waals surface area contributed by atoms with Crippen molar-refractivity contribution in [2.24, 2.45) is 5.92 Å². The van der Waals surface area contributed by atoms with Gasteiger partial charge in [0.1, 0.15) is 6.33 Å². The maximum Gasteiger partial charge on any atom is 0.230 e. The van der Waals surface area contributed by atoms with Crippen molar-refractivity contribution in [2.75, 3.05) is 43.1 Å². The van der Waals surface area contributed by atoms with Crippen molar-refractivity contribution in [3.63, 3.8) is 0 Å². The zero-order valence-corrected chi connectivity index (χ0v) is 42.4. The molecule has 1 aromatic rings. The fraction of sp³-hybridized carbons (Fsp3) is 0.939. The van der Waals surface area contributed by atoms with E-state index in [0.29, 0.717) is 17.9 Å². The molecule has 12 heteroatoms. The predicted octanol–water partition coefficient (Wildman–Crippen LogP) is 10.7. The fourth-order valence-corrected chi connectivity index (χ4v) is 12.0. The molecule has 4 rings (SSSR count). The first-order chi connectivity index (χ1) is 28.5. The molecule has 3 aliphatic heterocycles. The van der Waals surface area contributed by atoms with Gasteiger partial charge < -0.3 is 15.5 Å². The van der Waals surface area contributed by atoms with Gasteiger partial charge in [0.05, 0.1) is 19.8 Å². The highest BCUT2D eigenvalue weighted by Gasteiger charge is 2.50. The second kappa shape index (κ2) is 22.0. The summed E-state index contributed by atoms with van der Waals surface area (Å²) in [7, 11) is 0. The zero-order valence-electron chi connectivity index (χ0n) is 42.4. The molecule has 0 spiro atoms. The van der Waals surface area contributed by atoms with E-state index in [9.17, 15) is 0 Å². The number of hydrogen-bond acceptors (Lipinski definition) is 12. The Bertz CT molecular complexity index is 1400. The number of anilines is 2. The monoisotopic (exact) mass is 858 g/mol. The maximum atomic E-state index is 6.46. The molecule has 0 bridgehead atoms. The summed E-state index contributed by atoms with van der Waals surface area (Å²) < 4.78 is 0. The first-order valence-corrected chi connectivity index (χ1v) is 24.8. The van der Waals surface area contributed by atoms with E-state index in [1.165, 1.54) is 19.3 Å². The second-order valence-corrected chi connectivity index (χ2v) is 22.8. The van der Waals surface area contributed by atoms with E-state index in [2.05, 4.69) is 142 Å². The predicted molar refractivity (Wildman–Crippen MR) is 253 cm³/mol. The van der Waals surface area contributed by atoms with Gasteiger partial charge in [-0.15, -0.1) is 0 Å². The lowest BCUT2D eigenvalue weighted by Crippen LogP contribution is -2.64. The first-order valence-electron chi connectivity index (χ1n) is 24.8. The topological polar surface area (TPSA) is 103 Å². The summed E-state index contributed by atoms with van der Waals surface area (Å²) in [6, 6.07) is 1.02. The average molecular weight is 858 g/mol. The summed E-state index contributed by atoms with van der Waals surface area (Å²) in [5.41, 5.74) is -0.482. The van der Waals surface area contributed by atoms with Crippen LogP contribution in [0.25, 0.3) is 0 Å². The van der Waals surface area contributed by atoms with Gasteiger partial charge in [-0.3, -0.25) is 14.5 Å². The van der Waals surface area contributed by atoms with E-state index >= 15 is 0 Å². The van der Waals surface area contributed by atoms with Crippen molar-refractivity contribution in [1.82, 2.24) is 35.5 Å². The van der Waals surface area contributed by atoms with E-state index in [4.69, 9.17) is 29.5 Å². The van der Waals surface area contributed by atoms with Crippen molar-refractivity contribution >= 4 is 11.9 Å². The standard InChI is InChI=1S/C49H95N9O3/c1-17-25-41(38-31-44(5,6)56(59-28-18-2)45(7,8)32-38)53-42-51-37-52-43(54-42)55(40-35-48(13,14)58(61-30-20-4)49(15,16)36-40)27-24-22-21-23-26-50-39-33-46(9,10)57(60-29-19-3)47(11,12)34-39/h37-41,50H,17-36H2,1-16H3,(H,51,52,53,54). The van der Waals surface area contributed by atoms with Gasteiger partial charge in [0.2, 0.25) is 11.9 Å². The number of nitrogens with one attached hydrogen (secondary N) is 2. The Balaban J connectivity index is 1.47. The normalized spacial score (nSPS) is 23.9. The Morgan fingerprint density at radius 3 is 1.54 bits per heavy atom. The molecule has 1 atom stereocenters. The molecule has 0 aromatic carbocycles. The number of hydroxylamine groups is 6. The van der Waals surface area contributed by atoms with Crippen molar-refractivity contribution < 1.29 is 14.5 Å². The Morgan fingerprint density at radius 1 is 0.607 bits per heavy atom. The van der Waals surface area contributed by atoms with Crippen molar-refractivity contribution in [1.29, 1.82) is 0 Å². The molecule has 3 saturated heterocycles. The molecular weight excluding hydrogens is 763 g/mol. The lowest BCUT2D eigenvalue weighted by Gasteiger charge is -2.55. The number of rotatable bonds is 24. The minimum atomic E-state index is -0.150. The van der Waals surface area contributed by atoms with Crippen LogP contribution < -0.4 is 15.5 Å². The molecule has 3 fully saturated rings. The first kappa shape index (κ1) is 52.0. The van der Waals surface area contributed by atoms with Gasteiger partial charge in [0.15, 0.2) is 0 Å². The summed E-state index contributed by atoms with van der Waals surface area (Å²) in [6.45, 7) is 41.1. The van der Waals surface area contributed by atoms with E-state index in [0.717, 1.165) is 116 Å². The molecule has 0 saturated carbocycles.